The molecule has 74 valence electrons. The molecule has 1 aromatic heterocycles. The van der Waals surface area contributed by atoms with Crippen molar-refractivity contribution in [1.82, 2.24) is 10.3 Å². The summed E-state index contributed by atoms with van der Waals surface area (Å²) >= 11 is 1.41. The SMILES string of the molecule is C#CCCNC(=O)c1sc(C)nc1C. The summed E-state index contributed by atoms with van der Waals surface area (Å²) in [7, 11) is 0. The Hall–Kier alpha value is -1.34. The average molecular weight is 208 g/mol. The van der Waals surface area contributed by atoms with Crippen LogP contribution in [0.3, 0.4) is 0 Å². The lowest BCUT2D eigenvalue weighted by Crippen LogP contribution is -2.23. The van der Waals surface area contributed by atoms with E-state index in [1.165, 1.54) is 11.3 Å². The van der Waals surface area contributed by atoms with Crippen molar-refractivity contribution in [1.29, 1.82) is 0 Å². The Bertz CT molecular complexity index is 376. The highest BCUT2D eigenvalue weighted by Gasteiger charge is 2.12. The quantitative estimate of drug-likeness (QED) is 0.604. The lowest BCUT2D eigenvalue weighted by molar-refractivity contribution is 0.0958. The maximum Gasteiger partial charge on any atom is 0.263 e. The number of rotatable bonds is 3. The highest BCUT2D eigenvalue weighted by molar-refractivity contribution is 7.13. The zero-order valence-corrected chi connectivity index (χ0v) is 9.07. The van der Waals surface area contributed by atoms with Gasteiger partial charge in [0.25, 0.3) is 5.91 Å². The number of nitrogens with zero attached hydrogens (tertiary/aromatic N) is 1. The van der Waals surface area contributed by atoms with Gasteiger partial charge < -0.3 is 5.32 Å². The minimum Gasteiger partial charge on any atom is -0.350 e. The van der Waals surface area contributed by atoms with Gasteiger partial charge in [-0.1, -0.05) is 0 Å². The molecule has 1 heterocycles. The number of hydrogen-bond donors (Lipinski definition) is 1. The Labute approximate surface area is 87.6 Å². The van der Waals surface area contributed by atoms with Crippen molar-refractivity contribution in [3.8, 4) is 12.3 Å². The predicted molar refractivity (Wildman–Crippen MR) is 57.4 cm³/mol. The number of carbonyl (C=O) groups is 1. The van der Waals surface area contributed by atoms with Crippen molar-refractivity contribution in [2.45, 2.75) is 20.3 Å². The summed E-state index contributed by atoms with van der Waals surface area (Å²) in [6, 6.07) is 0. The number of nitrogens with one attached hydrogen (secondary N) is 1. The molecule has 0 aromatic carbocycles. The first-order valence-corrected chi connectivity index (χ1v) is 5.12. The molecule has 4 heteroatoms. The summed E-state index contributed by atoms with van der Waals surface area (Å²) in [5, 5.41) is 3.65. The fraction of sp³-hybridized carbons (Fsp3) is 0.400. The third-order valence-corrected chi connectivity index (χ3v) is 2.74. The van der Waals surface area contributed by atoms with Crippen molar-refractivity contribution in [2.75, 3.05) is 6.54 Å². The van der Waals surface area contributed by atoms with Crippen molar-refractivity contribution in [2.24, 2.45) is 0 Å². The van der Waals surface area contributed by atoms with Gasteiger partial charge in [0.15, 0.2) is 0 Å². The van der Waals surface area contributed by atoms with Crippen molar-refractivity contribution >= 4 is 17.2 Å². The second kappa shape index (κ2) is 4.77. The van der Waals surface area contributed by atoms with Gasteiger partial charge in [0.05, 0.1) is 10.7 Å². The normalized spacial score (nSPS) is 9.50. The number of amides is 1. The Morgan fingerprint density at radius 1 is 1.64 bits per heavy atom. The van der Waals surface area contributed by atoms with E-state index in [1.807, 2.05) is 13.8 Å². The monoisotopic (exact) mass is 208 g/mol. The zero-order valence-electron chi connectivity index (χ0n) is 8.26. The van der Waals surface area contributed by atoms with Gasteiger partial charge in [0, 0.05) is 13.0 Å². The highest BCUT2D eigenvalue weighted by atomic mass is 32.1. The Balaban J connectivity index is 2.61. The molecular formula is C10H12N2OS. The molecule has 0 aliphatic rings. The molecule has 14 heavy (non-hydrogen) atoms. The third kappa shape index (κ3) is 2.57. The van der Waals surface area contributed by atoms with E-state index in [0.717, 1.165) is 10.7 Å². The maximum atomic E-state index is 11.5. The first kappa shape index (κ1) is 10.7. The number of aromatic nitrogens is 1. The first-order valence-electron chi connectivity index (χ1n) is 4.31. The lowest BCUT2D eigenvalue weighted by atomic mass is 10.3. The lowest BCUT2D eigenvalue weighted by Gasteiger charge is -1.99. The Morgan fingerprint density at radius 2 is 2.36 bits per heavy atom. The number of terminal acetylenes is 1. The summed E-state index contributed by atoms with van der Waals surface area (Å²) < 4.78 is 0. The number of thiazole rings is 1. The van der Waals surface area contributed by atoms with Crippen LogP contribution < -0.4 is 5.32 Å². The number of hydrogen-bond acceptors (Lipinski definition) is 3. The summed E-state index contributed by atoms with van der Waals surface area (Å²) in [6.07, 6.45) is 5.63. The van der Waals surface area contributed by atoms with Crippen LogP contribution in [0.15, 0.2) is 0 Å². The summed E-state index contributed by atoms with van der Waals surface area (Å²) in [4.78, 5) is 16.4. The van der Waals surface area contributed by atoms with Gasteiger partial charge in [-0.2, -0.15) is 0 Å². The van der Waals surface area contributed by atoms with E-state index in [1.54, 1.807) is 0 Å². The van der Waals surface area contributed by atoms with Crippen molar-refractivity contribution in [3.05, 3.63) is 15.6 Å². The molecule has 0 aliphatic heterocycles. The van der Waals surface area contributed by atoms with Gasteiger partial charge in [0.1, 0.15) is 4.88 Å². The molecular weight excluding hydrogens is 196 g/mol. The number of aryl methyl sites for hydroxylation is 2. The van der Waals surface area contributed by atoms with Crippen LogP contribution in [-0.4, -0.2) is 17.4 Å². The second-order valence-electron chi connectivity index (χ2n) is 2.86. The molecule has 0 aliphatic carbocycles. The molecule has 3 nitrogen and oxygen atoms in total. The van der Waals surface area contributed by atoms with Crippen LogP contribution >= 0.6 is 11.3 Å². The largest absolute Gasteiger partial charge is 0.350 e. The maximum absolute atomic E-state index is 11.5. The molecule has 1 aromatic rings. The fourth-order valence-electron chi connectivity index (χ4n) is 1.07. The van der Waals surface area contributed by atoms with Crippen LogP contribution in [0, 0.1) is 26.2 Å². The van der Waals surface area contributed by atoms with E-state index in [9.17, 15) is 4.79 Å². The summed E-state index contributed by atoms with van der Waals surface area (Å²) in [5.74, 6) is 2.39. The van der Waals surface area contributed by atoms with Crippen LogP contribution in [0.5, 0.6) is 0 Å². The highest BCUT2D eigenvalue weighted by Crippen LogP contribution is 2.16. The van der Waals surface area contributed by atoms with E-state index in [-0.39, 0.29) is 5.91 Å². The molecule has 1 N–H and O–H groups in total. The fourth-order valence-corrected chi connectivity index (χ4v) is 1.91. The third-order valence-electron chi connectivity index (χ3n) is 1.66. The second-order valence-corrected chi connectivity index (χ2v) is 4.06. The van der Waals surface area contributed by atoms with Gasteiger partial charge >= 0.3 is 0 Å². The summed E-state index contributed by atoms with van der Waals surface area (Å²) in [6.45, 7) is 4.24. The van der Waals surface area contributed by atoms with Gasteiger partial charge in [-0.25, -0.2) is 4.98 Å². The first-order chi connectivity index (χ1) is 6.65. The molecule has 0 atom stereocenters. The van der Waals surface area contributed by atoms with Crippen molar-refractivity contribution < 1.29 is 4.79 Å². The molecule has 0 saturated heterocycles. The molecule has 1 rings (SSSR count). The minimum absolute atomic E-state index is 0.0802. The van der Waals surface area contributed by atoms with Crippen LogP contribution in [0.4, 0.5) is 0 Å². The van der Waals surface area contributed by atoms with Crippen LogP contribution in [0.1, 0.15) is 26.8 Å². The molecule has 0 fully saturated rings. The molecule has 0 saturated carbocycles. The van der Waals surface area contributed by atoms with E-state index in [2.05, 4.69) is 16.2 Å². The zero-order chi connectivity index (χ0) is 10.6. The van der Waals surface area contributed by atoms with E-state index in [4.69, 9.17) is 6.42 Å². The predicted octanol–water partition coefficient (Wildman–Crippen LogP) is 1.51. The van der Waals surface area contributed by atoms with Crippen LogP contribution in [0.2, 0.25) is 0 Å². The Morgan fingerprint density at radius 3 is 2.86 bits per heavy atom. The van der Waals surface area contributed by atoms with E-state index in [0.29, 0.717) is 17.8 Å². The van der Waals surface area contributed by atoms with Gasteiger partial charge in [-0.3, -0.25) is 4.79 Å². The van der Waals surface area contributed by atoms with Crippen LogP contribution in [0.25, 0.3) is 0 Å². The van der Waals surface area contributed by atoms with Gasteiger partial charge in [-0.15, -0.1) is 23.7 Å². The topological polar surface area (TPSA) is 42.0 Å². The smallest absolute Gasteiger partial charge is 0.263 e. The van der Waals surface area contributed by atoms with Gasteiger partial charge in [0.2, 0.25) is 0 Å². The minimum atomic E-state index is -0.0802. The van der Waals surface area contributed by atoms with Crippen LogP contribution in [-0.2, 0) is 0 Å². The molecule has 0 spiro atoms. The van der Waals surface area contributed by atoms with Gasteiger partial charge in [-0.05, 0) is 13.8 Å². The van der Waals surface area contributed by atoms with E-state index >= 15 is 0 Å². The molecule has 0 radical (unpaired) electrons. The Kier molecular flexibility index (Phi) is 3.66. The molecule has 0 bridgehead atoms. The van der Waals surface area contributed by atoms with E-state index < -0.39 is 0 Å². The van der Waals surface area contributed by atoms with Crippen molar-refractivity contribution in [3.63, 3.8) is 0 Å². The summed E-state index contributed by atoms with van der Waals surface area (Å²) in [5.41, 5.74) is 0.783. The number of carbonyl (C=O) groups excluding carboxylic acids is 1. The standard InChI is InChI=1S/C10H12N2OS/c1-4-5-6-11-10(13)9-7(2)12-8(3)14-9/h1H,5-6H2,2-3H3,(H,11,13). The average Bonchev–Trinajstić information content (AvgIpc) is 2.45. The molecule has 1 amide bonds. The molecule has 0 unspecified atom stereocenters.